The first kappa shape index (κ1) is 12.7. The molecule has 94 valence electrons. The van der Waals surface area contributed by atoms with Crippen LogP contribution in [-0.4, -0.2) is 33.7 Å². The van der Waals surface area contributed by atoms with Crippen molar-refractivity contribution in [2.24, 2.45) is 0 Å². The zero-order valence-corrected chi connectivity index (χ0v) is 11.4. The molecule has 1 N–H and O–H groups in total. The molecule has 0 spiro atoms. The standard InChI is InChI=1S/C13H20N2OS/c1-9-7-15(8-10(2)17-9)12-4-5-13(11(3)16)14-6-12/h4-6,9-11,16H,7-8H2,1-3H3/t9?,10?,11-/m0/s1. The summed E-state index contributed by atoms with van der Waals surface area (Å²) in [6.45, 7) is 8.43. The average Bonchev–Trinajstić information content (AvgIpc) is 2.28. The Morgan fingerprint density at radius 2 is 2.00 bits per heavy atom. The van der Waals surface area contributed by atoms with Crippen LogP contribution in [0.2, 0.25) is 0 Å². The topological polar surface area (TPSA) is 36.4 Å². The number of aromatic nitrogens is 1. The summed E-state index contributed by atoms with van der Waals surface area (Å²) in [5.41, 5.74) is 1.90. The van der Waals surface area contributed by atoms with Crippen LogP contribution in [-0.2, 0) is 0 Å². The Balaban J connectivity index is 2.11. The van der Waals surface area contributed by atoms with E-state index in [1.54, 1.807) is 6.92 Å². The first-order chi connectivity index (χ1) is 8.06. The Morgan fingerprint density at radius 1 is 1.35 bits per heavy atom. The van der Waals surface area contributed by atoms with Crippen LogP contribution in [0.15, 0.2) is 18.3 Å². The molecule has 1 aromatic heterocycles. The number of anilines is 1. The van der Waals surface area contributed by atoms with Gasteiger partial charge in [-0.15, -0.1) is 0 Å². The van der Waals surface area contributed by atoms with E-state index in [4.69, 9.17) is 0 Å². The van der Waals surface area contributed by atoms with Gasteiger partial charge < -0.3 is 10.0 Å². The third kappa shape index (κ3) is 3.13. The van der Waals surface area contributed by atoms with E-state index < -0.39 is 6.10 Å². The average molecular weight is 252 g/mol. The van der Waals surface area contributed by atoms with Gasteiger partial charge in [-0.05, 0) is 19.1 Å². The third-order valence-corrected chi connectivity index (χ3v) is 4.21. The Bertz CT molecular complexity index is 356. The van der Waals surface area contributed by atoms with E-state index in [1.807, 2.05) is 24.0 Å². The van der Waals surface area contributed by atoms with E-state index in [2.05, 4.69) is 29.8 Å². The predicted octanol–water partition coefficient (Wildman–Crippen LogP) is 2.47. The molecule has 2 unspecified atom stereocenters. The maximum absolute atomic E-state index is 9.43. The fraction of sp³-hybridized carbons (Fsp3) is 0.615. The van der Waals surface area contributed by atoms with Crippen molar-refractivity contribution in [2.75, 3.05) is 18.0 Å². The van der Waals surface area contributed by atoms with Crippen LogP contribution in [0, 0.1) is 0 Å². The summed E-state index contributed by atoms with van der Waals surface area (Å²) in [6, 6.07) is 3.97. The van der Waals surface area contributed by atoms with Gasteiger partial charge in [-0.25, -0.2) is 0 Å². The molecular weight excluding hydrogens is 232 g/mol. The summed E-state index contributed by atoms with van der Waals surface area (Å²) in [6.07, 6.45) is 1.39. The highest BCUT2D eigenvalue weighted by atomic mass is 32.2. The molecule has 3 atom stereocenters. The van der Waals surface area contributed by atoms with Crippen LogP contribution in [0.3, 0.4) is 0 Å². The SMILES string of the molecule is CC1CN(c2ccc([C@H](C)O)nc2)CC(C)S1. The Kier molecular flexibility index (Phi) is 3.94. The van der Waals surface area contributed by atoms with E-state index >= 15 is 0 Å². The van der Waals surface area contributed by atoms with Gasteiger partial charge in [0.15, 0.2) is 0 Å². The molecule has 1 aliphatic heterocycles. The van der Waals surface area contributed by atoms with Gasteiger partial charge in [-0.3, -0.25) is 4.98 Å². The lowest BCUT2D eigenvalue weighted by Crippen LogP contribution is -2.40. The second-order valence-electron chi connectivity index (χ2n) is 4.78. The lowest BCUT2D eigenvalue weighted by Gasteiger charge is -2.36. The lowest BCUT2D eigenvalue weighted by atomic mass is 10.2. The summed E-state index contributed by atoms with van der Waals surface area (Å²) in [7, 11) is 0. The van der Waals surface area contributed by atoms with Gasteiger partial charge in [0.25, 0.3) is 0 Å². The molecule has 17 heavy (non-hydrogen) atoms. The second-order valence-corrected chi connectivity index (χ2v) is 6.66. The number of hydrogen-bond donors (Lipinski definition) is 1. The molecule has 1 fully saturated rings. The Hall–Kier alpha value is -0.740. The van der Waals surface area contributed by atoms with Gasteiger partial charge >= 0.3 is 0 Å². The zero-order chi connectivity index (χ0) is 12.4. The molecule has 1 aliphatic rings. The van der Waals surface area contributed by atoms with E-state index in [1.165, 1.54) is 0 Å². The Labute approximate surface area is 107 Å². The number of pyridine rings is 1. The van der Waals surface area contributed by atoms with Crippen LogP contribution >= 0.6 is 11.8 Å². The molecule has 4 heteroatoms. The molecule has 2 heterocycles. The summed E-state index contributed by atoms with van der Waals surface area (Å²) in [5.74, 6) is 0. The van der Waals surface area contributed by atoms with E-state index in [0.29, 0.717) is 10.5 Å². The third-order valence-electron chi connectivity index (χ3n) is 2.98. The maximum atomic E-state index is 9.43. The minimum Gasteiger partial charge on any atom is -0.387 e. The van der Waals surface area contributed by atoms with Crippen molar-refractivity contribution in [3.8, 4) is 0 Å². The van der Waals surface area contributed by atoms with Crippen LogP contribution in [0.5, 0.6) is 0 Å². The predicted molar refractivity (Wildman–Crippen MR) is 73.6 cm³/mol. The van der Waals surface area contributed by atoms with Crippen LogP contribution in [0.25, 0.3) is 0 Å². The highest BCUT2D eigenvalue weighted by molar-refractivity contribution is 8.00. The highest BCUT2D eigenvalue weighted by Gasteiger charge is 2.22. The monoisotopic (exact) mass is 252 g/mol. The van der Waals surface area contributed by atoms with Gasteiger partial charge in [0.05, 0.1) is 23.7 Å². The molecular formula is C13H20N2OS. The zero-order valence-electron chi connectivity index (χ0n) is 10.6. The summed E-state index contributed by atoms with van der Waals surface area (Å²) >= 11 is 2.05. The highest BCUT2D eigenvalue weighted by Crippen LogP contribution is 2.28. The fourth-order valence-electron chi connectivity index (χ4n) is 2.22. The number of nitrogens with zero attached hydrogens (tertiary/aromatic N) is 2. The normalized spacial score (nSPS) is 26.9. The molecule has 2 rings (SSSR count). The van der Waals surface area contributed by atoms with Gasteiger partial charge in [0, 0.05) is 23.6 Å². The van der Waals surface area contributed by atoms with E-state index in [-0.39, 0.29) is 0 Å². The van der Waals surface area contributed by atoms with Crippen molar-refractivity contribution in [1.82, 2.24) is 4.98 Å². The first-order valence-corrected chi connectivity index (χ1v) is 7.05. The van der Waals surface area contributed by atoms with Crippen molar-refractivity contribution in [2.45, 2.75) is 37.4 Å². The minimum atomic E-state index is -0.487. The molecule has 3 nitrogen and oxygen atoms in total. The maximum Gasteiger partial charge on any atom is 0.0931 e. The number of aliphatic hydroxyl groups excluding tert-OH is 1. The van der Waals surface area contributed by atoms with Gasteiger partial charge in [-0.2, -0.15) is 11.8 Å². The van der Waals surface area contributed by atoms with E-state index in [9.17, 15) is 5.11 Å². The van der Waals surface area contributed by atoms with Gasteiger partial charge in [0.2, 0.25) is 0 Å². The number of rotatable bonds is 2. The fourth-order valence-corrected chi connectivity index (χ4v) is 3.55. The van der Waals surface area contributed by atoms with Crippen molar-refractivity contribution >= 4 is 17.4 Å². The first-order valence-electron chi connectivity index (χ1n) is 6.10. The van der Waals surface area contributed by atoms with Crippen LogP contribution in [0.1, 0.15) is 32.6 Å². The minimum absolute atomic E-state index is 0.487. The second kappa shape index (κ2) is 5.27. The smallest absolute Gasteiger partial charge is 0.0931 e. The van der Waals surface area contributed by atoms with Crippen molar-refractivity contribution in [3.05, 3.63) is 24.0 Å². The van der Waals surface area contributed by atoms with Crippen LogP contribution in [0.4, 0.5) is 5.69 Å². The summed E-state index contributed by atoms with van der Waals surface area (Å²) in [4.78, 5) is 6.68. The van der Waals surface area contributed by atoms with Crippen molar-refractivity contribution < 1.29 is 5.11 Å². The van der Waals surface area contributed by atoms with Gasteiger partial charge in [-0.1, -0.05) is 13.8 Å². The molecule has 0 radical (unpaired) electrons. The van der Waals surface area contributed by atoms with Crippen molar-refractivity contribution in [3.63, 3.8) is 0 Å². The van der Waals surface area contributed by atoms with E-state index in [0.717, 1.165) is 24.5 Å². The number of thioether (sulfide) groups is 1. The number of aliphatic hydroxyl groups is 1. The Morgan fingerprint density at radius 3 is 2.47 bits per heavy atom. The summed E-state index contributed by atoms with van der Waals surface area (Å²) in [5, 5.41) is 10.8. The molecule has 0 saturated carbocycles. The lowest BCUT2D eigenvalue weighted by molar-refractivity contribution is 0.194. The van der Waals surface area contributed by atoms with Crippen molar-refractivity contribution in [1.29, 1.82) is 0 Å². The summed E-state index contributed by atoms with van der Waals surface area (Å²) < 4.78 is 0. The largest absolute Gasteiger partial charge is 0.387 e. The molecule has 0 amide bonds. The molecule has 1 aromatic rings. The molecule has 0 aliphatic carbocycles. The van der Waals surface area contributed by atoms with Gasteiger partial charge in [0.1, 0.15) is 0 Å². The number of hydrogen-bond acceptors (Lipinski definition) is 4. The molecule has 0 aromatic carbocycles. The quantitative estimate of drug-likeness (QED) is 0.877. The molecule has 0 bridgehead atoms. The van der Waals surface area contributed by atoms with Crippen LogP contribution < -0.4 is 4.90 Å². The molecule has 1 saturated heterocycles.